The van der Waals surface area contributed by atoms with Gasteiger partial charge in [-0.1, -0.05) is 0 Å². The van der Waals surface area contributed by atoms with Gasteiger partial charge >= 0.3 is 0 Å². The molecule has 0 aliphatic heterocycles. The molecule has 0 fully saturated rings. The molecule has 0 unspecified atom stereocenters. The van der Waals surface area contributed by atoms with Crippen LogP contribution in [-0.2, 0) is 11.2 Å². The van der Waals surface area contributed by atoms with Gasteiger partial charge in [-0.05, 0) is 32.0 Å². The summed E-state index contributed by atoms with van der Waals surface area (Å²) in [6.07, 6.45) is 0.153. The summed E-state index contributed by atoms with van der Waals surface area (Å²) in [5.74, 6) is 1.47. The molecular weight excluding hydrogens is 378 g/mol. The van der Waals surface area contributed by atoms with E-state index in [0.717, 1.165) is 11.4 Å². The average molecular weight is 399 g/mol. The SMILES string of the molecule is COc1ccc(NC(=O)Cc2csc(Nc3nc(C)cc(C)n3)n2)cc1OC. The minimum atomic E-state index is -0.174. The average Bonchev–Trinajstić information content (AvgIpc) is 3.07. The minimum absolute atomic E-state index is 0.153. The number of carbonyl (C=O) groups is 1. The van der Waals surface area contributed by atoms with Gasteiger partial charge in [-0.3, -0.25) is 4.79 Å². The first-order valence-electron chi connectivity index (χ1n) is 8.52. The zero-order valence-electron chi connectivity index (χ0n) is 16.1. The van der Waals surface area contributed by atoms with E-state index >= 15 is 0 Å². The molecule has 3 rings (SSSR count). The molecule has 2 aromatic heterocycles. The van der Waals surface area contributed by atoms with Crippen LogP contribution < -0.4 is 20.1 Å². The van der Waals surface area contributed by atoms with Gasteiger partial charge in [0.1, 0.15) is 0 Å². The molecule has 0 bridgehead atoms. The lowest BCUT2D eigenvalue weighted by molar-refractivity contribution is -0.115. The maximum Gasteiger partial charge on any atom is 0.230 e. The van der Waals surface area contributed by atoms with Gasteiger partial charge in [0, 0.05) is 28.5 Å². The summed E-state index contributed by atoms with van der Waals surface area (Å²) in [4.78, 5) is 25.4. The lowest BCUT2D eigenvalue weighted by atomic mass is 10.2. The van der Waals surface area contributed by atoms with Crippen LogP contribution in [0.4, 0.5) is 16.8 Å². The maximum atomic E-state index is 12.3. The van der Waals surface area contributed by atoms with Gasteiger partial charge in [-0.15, -0.1) is 11.3 Å². The van der Waals surface area contributed by atoms with Crippen LogP contribution in [0.5, 0.6) is 11.5 Å². The van der Waals surface area contributed by atoms with E-state index in [1.54, 1.807) is 32.4 Å². The van der Waals surface area contributed by atoms with Crippen molar-refractivity contribution in [3.63, 3.8) is 0 Å². The Balaban J connectivity index is 1.62. The Labute approximate surface area is 167 Å². The molecule has 1 amide bonds. The number of aromatic nitrogens is 3. The number of thiazole rings is 1. The highest BCUT2D eigenvalue weighted by atomic mass is 32.1. The number of aryl methyl sites for hydroxylation is 2. The second-order valence-electron chi connectivity index (χ2n) is 6.04. The monoisotopic (exact) mass is 399 g/mol. The van der Waals surface area contributed by atoms with Crippen molar-refractivity contribution in [1.82, 2.24) is 15.0 Å². The van der Waals surface area contributed by atoms with Crippen molar-refractivity contribution in [3.05, 3.63) is 46.7 Å². The molecule has 0 aliphatic carbocycles. The van der Waals surface area contributed by atoms with Crippen molar-refractivity contribution in [2.75, 3.05) is 24.9 Å². The van der Waals surface area contributed by atoms with E-state index in [4.69, 9.17) is 9.47 Å². The minimum Gasteiger partial charge on any atom is -0.493 e. The first-order valence-corrected chi connectivity index (χ1v) is 9.40. The molecule has 0 spiro atoms. The molecule has 0 radical (unpaired) electrons. The molecule has 2 heterocycles. The first-order chi connectivity index (χ1) is 13.5. The topological polar surface area (TPSA) is 98.3 Å². The predicted octanol–water partition coefficient (Wildman–Crippen LogP) is 3.49. The third-order valence-electron chi connectivity index (χ3n) is 3.76. The predicted molar refractivity (Wildman–Crippen MR) is 109 cm³/mol. The van der Waals surface area contributed by atoms with Gasteiger partial charge in [-0.2, -0.15) is 0 Å². The van der Waals surface area contributed by atoms with Crippen LogP contribution in [0.2, 0.25) is 0 Å². The summed E-state index contributed by atoms with van der Waals surface area (Å²) in [5, 5.41) is 8.39. The molecular formula is C19H21N5O3S. The maximum absolute atomic E-state index is 12.3. The van der Waals surface area contributed by atoms with Crippen LogP contribution in [0.25, 0.3) is 0 Å². The number of nitrogens with one attached hydrogen (secondary N) is 2. The van der Waals surface area contributed by atoms with Crippen LogP contribution in [0.15, 0.2) is 29.6 Å². The van der Waals surface area contributed by atoms with Gasteiger partial charge in [0.2, 0.25) is 11.9 Å². The Bertz CT molecular complexity index is 969. The van der Waals surface area contributed by atoms with Crippen LogP contribution >= 0.6 is 11.3 Å². The molecule has 8 nitrogen and oxygen atoms in total. The Morgan fingerprint density at radius 2 is 1.75 bits per heavy atom. The molecule has 1 aromatic carbocycles. The highest BCUT2D eigenvalue weighted by Crippen LogP contribution is 2.29. The third kappa shape index (κ3) is 4.95. The van der Waals surface area contributed by atoms with E-state index in [2.05, 4.69) is 25.6 Å². The van der Waals surface area contributed by atoms with Crippen molar-refractivity contribution >= 4 is 34.0 Å². The van der Waals surface area contributed by atoms with Gasteiger partial charge in [0.05, 0.1) is 26.3 Å². The highest BCUT2D eigenvalue weighted by molar-refractivity contribution is 7.13. The van der Waals surface area contributed by atoms with E-state index in [0.29, 0.717) is 34.0 Å². The Hall–Kier alpha value is -3.20. The molecule has 0 saturated heterocycles. The Morgan fingerprint density at radius 1 is 1.04 bits per heavy atom. The van der Waals surface area contributed by atoms with Crippen molar-refractivity contribution < 1.29 is 14.3 Å². The fourth-order valence-corrected chi connectivity index (χ4v) is 3.31. The number of benzene rings is 1. The van der Waals surface area contributed by atoms with Crippen molar-refractivity contribution in [3.8, 4) is 11.5 Å². The summed E-state index contributed by atoms with van der Waals surface area (Å²) in [5.41, 5.74) is 3.04. The summed E-state index contributed by atoms with van der Waals surface area (Å²) in [7, 11) is 3.11. The van der Waals surface area contributed by atoms with Gasteiger partial charge in [0.25, 0.3) is 0 Å². The fourth-order valence-electron chi connectivity index (χ4n) is 2.61. The van der Waals surface area contributed by atoms with E-state index in [9.17, 15) is 4.79 Å². The van der Waals surface area contributed by atoms with Crippen molar-refractivity contribution in [1.29, 1.82) is 0 Å². The quantitative estimate of drug-likeness (QED) is 0.627. The Morgan fingerprint density at radius 3 is 2.43 bits per heavy atom. The normalized spacial score (nSPS) is 10.4. The molecule has 0 saturated carbocycles. The second kappa shape index (κ2) is 8.66. The molecule has 28 heavy (non-hydrogen) atoms. The zero-order valence-corrected chi connectivity index (χ0v) is 16.9. The molecule has 146 valence electrons. The summed E-state index contributed by atoms with van der Waals surface area (Å²) >= 11 is 1.40. The lowest BCUT2D eigenvalue weighted by Gasteiger charge is -2.10. The van der Waals surface area contributed by atoms with Gasteiger partial charge in [-0.25, -0.2) is 15.0 Å². The highest BCUT2D eigenvalue weighted by Gasteiger charge is 2.11. The van der Waals surface area contributed by atoms with Gasteiger partial charge < -0.3 is 20.1 Å². The number of methoxy groups -OCH3 is 2. The largest absolute Gasteiger partial charge is 0.493 e. The van der Waals surface area contributed by atoms with E-state index < -0.39 is 0 Å². The number of carbonyl (C=O) groups excluding carboxylic acids is 1. The number of nitrogens with zero attached hydrogens (tertiary/aromatic N) is 3. The van der Waals surface area contributed by atoms with Crippen LogP contribution in [0, 0.1) is 13.8 Å². The number of amides is 1. The molecule has 3 aromatic rings. The summed E-state index contributed by atoms with van der Waals surface area (Å²) in [6.45, 7) is 3.82. The van der Waals surface area contributed by atoms with E-state index in [-0.39, 0.29) is 12.3 Å². The Kier molecular flexibility index (Phi) is 6.05. The van der Waals surface area contributed by atoms with E-state index in [1.807, 2.05) is 25.3 Å². The van der Waals surface area contributed by atoms with Crippen LogP contribution in [0.1, 0.15) is 17.1 Å². The summed E-state index contributed by atoms with van der Waals surface area (Å²) in [6, 6.07) is 7.10. The molecule has 9 heteroatoms. The summed E-state index contributed by atoms with van der Waals surface area (Å²) < 4.78 is 10.4. The first kappa shape index (κ1) is 19.6. The van der Waals surface area contributed by atoms with Crippen molar-refractivity contribution in [2.45, 2.75) is 20.3 Å². The van der Waals surface area contributed by atoms with Crippen LogP contribution in [0.3, 0.4) is 0 Å². The number of hydrogen-bond donors (Lipinski definition) is 2. The number of ether oxygens (including phenoxy) is 2. The molecule has 2 N–H and O–H groups in total. The van der Waals surface area contributed by atoms with Crippen LogP contribution in [-0.4, -0.2) is 35.1 Å². The van der Waals surface area contributed by atoms with Crippen molar-refractivity contribution in [2.24, 2.45) is 0 Å². The zero-order chi connectivity index (χ0) is 20.1. The third-order valence-corrected chi connectivity index (χ3v) is 4.57. The fraction of sp³-hybridized carbons (Fsp3) is 0.263. The standard InChI is InChI=1S/C19H21N5O3S/c1-11-7-12(2)21-18(20-11)24-19-23-14(10-28-19)9-17(25)22-13-5-6-15(26-3)16(8-13)27-4/h5-8,10H,9H2,1-4H3,(H,22,25)(H,20,21,23,24). The lowest BCUT2D eigenvalue weighted by Crippen LogP contribution is -2.14. The van der Waals surface area contributed by atoms with E-state index in [1.165, 1.54) is 11.3 Å². The molecule has 0 aliphatic rings. The number of anilines is 3. The second-order valence-corrected chi connectivity index (χ2v) is 6.90. The number of rotatable bonds is 7. The number of hydrogen-bond acceptors (Lipinski definition) is 8. The van der Waals surface area contributed by atoms with Gasteiger partial charge in [0.15, 0.2) is 16.6 Å². The smallest absolute Gasteiger partial charge is 0.230 e. The molecule has 0 atom stereocenters.